The number of benzene rings is 2. The lowest BCUT2D eigenvalue weighted by Crippen LogP contribution is -2.23. The zero-order valence-corrected chi connectivity index (χ0v) is 15.2. The number of hydrogen-bond acceptors (Lipinski definition) is 5. The number of nitrogens with one attached hydrogen (secondary N) is 1. The smallest absolute Gasteiger partial charge is 0.244 e. The number of sulfonamides is 1. The molecule has 27 heavy (non-hydrogen) atoms. The van der Waals surface area contributed by atoms with Crippen molar-refractivity contribution in [3.63, 3.8) is 0 Å². The molecule has 1 amide bonds. The number of aromatic nitrogens is 2. The summed E-state index contributed by atoms with van der Waals surface area (Å²) in [6.07, 6.45) is 5.19. The van der Waals surface area contributed by atoms with Crippen molar-refractivity contribution in [3.8, 4) is 0 Å². The summed E-state index contributed by atoms with van der Waals surface area (Å²) < 4.78 is 22.4. The number of nitrogens with two attached hydrogens (primary N) is 1. The molecular formula is C19H18N4O3S. The van der Waals surface area contributed by atoms with Gasteiger partial charge in [0.1, 0.15) is 0 Å². The number of carbonyl (C=O) groups excluding carboxylic acids is 1. The summed E-state index contributed by atoms with van der Waals surface area (Å²) >= 11 is 0. The largest absolute Gasteiger partial charge is 0.352 e. The third-order valence-corrected chi connectivity index (χ3v) is 4.77. The number of hydrogen-bond donors (Lipinski definition) is 2. The van der Waals surface area contributed by atoms with Crippen LogP contribution in [0.5, 0.6) is 0 Å². The number of carbonyl (C=O) groups is 1. The fourth-order valence-corrected chi connectivity index (χ4v) is 2.96. The molecule has 8 heteroatoms. The highest BCUT2D eigenvalue weighted by molar-refractivity contribution is 7.89. The lowest BCUT2D eigenvalue weighted by molar-refractivity contribution is -0.116. The topological polar surface area (TPSA) is 115 Å². The number of nitrogens with zero attached hydrogens (tertiary/aromatic N) is 2. The average molecular weight is 382 g/mol. The highest BCUT2D eigenvalue weighted by Crippen LogP contribution is 2.10. The van der Waals surface area contributed by atoms with Gasteiger partial charge in [-0.3, -0.25) is 9.78 Å². The molecule has 0 spiro atoms. The van der Waals surface area contributed by atoms with Crippen LogP contribution in [-0.2, 0) is 21.2 Å². The predicted octanol–water partition coefficient (Wildman–Crippen LogP) is 1.65. The zero-order valence-electron chi connectivity index (χ0n) is 14.4. The van der Waals surface area contributed by atoms with Crippen LogP contribution in [0.4, 0.5) is 0 Å². The second kappa shape index (κ2) is 8.07. The number of fused-ring (bicyclic) bond motifs is 1. The van der Waals surface area contributed by atoms with E-state index in [1.807, 2.05) is 24.3 Å². The molecule has 0 aliphatic heterocycles. The van der Waals surface area contributed by atoms with E-state index in [4.69, 9.17) is 5.14 Å². The molecule has 3 N–H and O–H groups in total. The number of amides is 1. The molecule has 0 saturated heterocycles. The second-order valence-electron chi connectivity index (χ2n) is 5.85. The van der Waals surface area contributed by atoms with E-state index in [1.165, 1.54) is 18.2 Å². The summed E-state index contributed by atoms with van der Waals surface area (Å²) in [6.45, 7) is 0.418. The van der Waals surface area contributed by atoms with Crippen molar-refractivity contribution in [2.24, 2.45) is 5.14 Å². The Kier molecular flexibility index (Phi) is 5.58. The maximum Gasteiger partial charge on any atom is 0.244 e. The molecule has 2 aromatic carbocycles. The lowest BCUT2D eigenvalue weighted by atomic mass is 10.1. The van der Waals surface area contributed by atoms with Gasteiger partial charge in [0.2, 0.25) is 15.9 Å². The fourth-order valence-electron chi connectivity index (χ4n) is 2.45. The molecule has 0 atom stereocenters. The first-order chi connectivity index (χ1) is 12.9. The van der Waals surface area contributed by atoms with Gasteiger partial charge in [0.25, 0.3) is 0 Å². The Morgan fingerprint density at radius 3 is 2.48 bits per heavy atom. The summed E-state index contributed by atoms with van der Waals surface area (Å²) in [6, 6.07) is 13.8. The van der Waals surface area contributed by atoms with Gasteiger partial charge in [0, 0.05) is 12.6 Å². The van der Waals surface area contributed by atoms with Crippen LogP contribution in [0, 0.1) is 0 Å². The van der Waals surface area contributed by atoms with Gasteiger partial charge in [0.05, 0.1) is 27.8 Å². The van der Waals surface area contributed by atoms with Crippen LogP contribution in [0.2, 0.25) is 0 Å². The van der Waals surface area contributed by atoms with Gasteiger partial charge < -0.3 is 5.32 Å². The van der Waals surface area contributed by atoms with E-state index in [0.29, 0.717) is 18.7 Å². The Morgan fingerprint density at radius 1 is 1.07 bits per heavy atom. The summed E-state index contributed by atoms with van der Waals surface area (Å²) in [5.41, 5.74) is 3.06. The van der Waals surface area contributed by atoms with E-state index in [9.17, 15) is 13.2 Å². The quantitative estimate of drug-likeness (QED) is 0.629. The molecule has 1 aromatic heterocycles. The van der Waals surface area contributed by atoms with E-state index >= 15 is 0 Å². The highest BCUT2D eigenvalue weighted by atomic mass is 32.2. The minimum absolute atomic E-state index is 0.0645. The molecule has 0 aliphatic rings. The van der Waals surface area contributed by atoms with Crippen LogP contribution in [0.3, 0.4) is 0 Å². The van der Waals surface area contributed by atoms with Crippen molar-refractivity contribution in [1.82, 2.24) is 15.3 Å². The minimum Gasteiger partial charge on any atom is -0.352 e. The first-order valence-electron chi connectivity index (χ1n) is 8.21. The Hall–Kier alpha value is -3.10. The fraction of sp³-hybridized carbons (Fsp3) is 0.105. The van der Waals surface area contributed by atoms with E-state index in [-0.39, 0.29) is 10.8 Å². The summed E-state index contributed by atoms with van der Waals surface area (Å²) in [5.74, 6) is -0.244. The Labute approximate surface area is 157 Å². The molecule has 138 valence electrons. The molecular weight excluding hydrogens is 364 g/mol. The van der Waals surface area contributed by atoms with E-state index in [1.54, 1.807) is 24.4 Å². The molecule has 0 aliphatic carbocycles. The van der Waals surface area contributed by atoms with Crippen molar-refractivity contribution in [2.45, 2.75) is 11.3 Å². The van der Waals surface area contributed by atoms with Gasteiger partial charge in [-0.2, -0.15) is 0 Å². The third kappa shape index (κ3) is 5.19. The van der Waals surface area contributed by atoms with Crippen molar-refractivity contribution in [2.75, 3.05) is 6.54 Å². The Balaban J connectivity index is 1.52. The van der Waals surface area contributed by atoms with Crippen molar-refractivity contribution in [1.29, 1.82) is 0 Å². The van der Waals surface area contributed by atoms with Crippen molar-refractivity contribution < 1.29 is 13.2 Å². The standard InChI is InChI=1S/C19H18N4O3S/c20-27(25,26)16-8-5-14(6-9-16)11-12-21-19(24)10-7-15-13-22-17-3-1-2-4-18(17)23-15/h1-10,13H,11-12H2,(H,21,24)(H2,20,25,26)/b10-7+. The zero-order chi connectivity index (χ0) is 19.3. The van der Waals surface area contributed by atoms with Gasteiger partial charge in [0.15, 0.2) is 0 Å². The van der Waals surface area contributed by atoms with Gasteiger partial charge in [-0.1, -0.05) is 24.3 Å². The van der Waals surface area contributed by atoms with Crippen LogP contribution in [0.25, 0.3) is 17.1 Å². The van der Waals surface area contributed by atoms with Crippen LogP contribution in [0.15, 0.2) is 65.7 Å². The highest BCUT2D eigenvalue weighted by Gasteiger charge is 2.06. The van der Waals surface area contributed by atoms with Gasteiger partial charge >= 0.3 is 0 Å². The summed E-state index contributed by atoms with van der Waals surface area (Å²) in [4.78, 5) is 20.7. The predicted molar refractivity (Wildman–Crippen MR) is 103 cm³/mol. The molecule has 0 bridgehead atoms. The average Bonchev–Trinajstić information content (AvgIpc) is 2.66. The minimum atomic E-state index is -3.69. The van der Waals surface area contributed by atoms with Gasteiger partial charge in [-0.15, -0.1) is 0 Å². The molecule has 1 heterocycles. The van der Waals surface area contributed by atoms with Crippen LogP contribution in [0.1, 0.15) is 11.3 Å². The number of rotatable bonds is 6. The van der Waals surface area contributed by atoms with E-state index in [2.05, 4.69) is 15.3 Å². The van der Waals surface area contributed by atoms with Crippen molar-refractivity contribution in [3.05, 3.63) is 72.1 Å². The van der Waals surface area contributed by atoms with E-state index in [0.717, 1.165) is 16.6 Å². The summed E-state index contributed by atoms with van der Waals surface area (Å²) in [5, 5.41) is 7.82. The van der Waals surface area contributed by atoms with Crippen molar-refractivity contribution >= 4 is 33.0 Å². The molecule has 3 aromatic rings. The van der Waals surface area contributed by atoms with Gasteiger partial charge in [-0.25, -0.2) is 18.5 Å². The first kappa shape index (κ1) is 18.7. The summed E-state index contributed by atoms with van der Waals surface area (Å²) in [7, 11) is -3.69. The molecule has 0 unspecified atom stereocenters. The van der Waals surface area contributed by atoms with Crippen LogP contribution < -0.4 is 10.5 Å². The van der Waals surface area contributed by atoms with Crippen LogP contribution in [-0.4, -0.2) is 30.8 Å². The SMILES string of the molecule is NS(=O)(=O)c1ccc(CCNC(=O)/C=C/c2cnc3ccccc3n2)cc1. The lowest BCUT2D eigenvalue weighted by Gasteiger charge is -2.04. The number of para-hydroxylation sites is 2. The Morgan fingerprint density at radius 2 is 1.78 bits per heavy atom. The molecule has 0 radical (unpaired) electrons. The molecule has 0 saturated carbocycles. The molecule has 7 nitrogen and oxygen atoms in total. The molecule has 0 fully saturated rings. The maximum absolute atomic E-state index is 11.9. The third-order valence-electron chi connectivity index (χ3n) is 3.84. The van der Waals surface area contributed by atoms with Gasteiger partial charge in [-0.05, 0) is 42.3 Å². The van der Waals surface area contributed by atoms with E-state index < -0.39 is 10.0 Å². The molecule has 3 rings (SSSR count). The number of primary sulfonamides is 1. The second-order valence-corrected chi connectivity index (χ2v) is 7.41. The van der Waals surface area contributed by atoms with Crippen LogP contribution >= 0.6 is 0 Å². The Bertz CT molecular complexity index is 1090. The first-order valence-corrected chi connectivity index (χ1v) is 9.76. The normalized spacial score (nSPS) is 11.7. The maximum atomic E-state index is 11.9. The monoisotopic (exact) mass is 382 g/mol.